The van der Waals surface area contributed by atoms with Crippen molar-refractivity contribution in [3.63, 3.8) is 0 Å². The Morgan fingerprint density at radius 1 is 1.14 bits per heavy atom. The first kappa shape index (κ1) is 18.3. The maximum atomic E-state index is 13.1. The van der Waals surface area contributed by atoms with Crippen molar-refractivity contribution in [2.75, 3.05) is 0 Å². The van der Waals surface area contributed by atoms with Gasteiger partial charge in [-0.25, -0.2) is 9.67 Å². The molecule has 6 nitrogen and oxygen atoms in total. The quantitative estimate of drug-likeness (QED) is 0.702. The van der Waals surface area contributed by atoms with E-state index in [2.05, 4.69) is 10.1 Å². The zero-order valence-corrected chi connectivity index (χ0v) is 16.2. The third-order valence-electron chi connectivity index (χ3n) is 5.21. The second-order valence-corrected chi connectivity index (χ2v) is 7.45. The van der Waals surface area contributed by atoms with E-state index in [1.165, 1.54) is 25.6 Å². The molecule has 6 heteroatoms. The Labute approximate surface area is 164 Å². The van der Waals surface area contributed by atoms with E-state index in [1.54, 1.807) is 15.6 Å². The molecule has 28 heavy (non-hydrogen) atoms. The highest BCUT2D eigenvalue weighted by Crippen LogP contribution is 2.19. The Bertz CT molecular complexity index is 996. The lowest BCUT2D eigenvalue weighted by Crippen LogP contribution is -2.29. The molecule has 3 aromatic rings. The Kier molecular flexibility index (Phi) is 5.46. The first-order valence-electron chi connectivity index (χ1n) is 9.88. The minimum absolute atomic E-state index is 0.0538. The summed E-state index contributed by atoms with van der Waals surface area (Å²) in [5.41, 5.74) is 3.59. The highest BCUT2D eigenvalue weighted by Gasteiger charge is 2.14. The largest absolute Gasteiger partial charge is 0.268 e. The fourth-order valence-corrected chi connectivity index (χ4v) is 3.65. The normalized spacial score (nSPS) is 15.7. The highest BCUT2D eigenvalue weighted by atomic mass is 16.2. The Morgan fingerprint density at radius 2 is 1.93 bits per heavy atom. The van der Waals surface area contributed by atoms with Gasteiger partial charge in [-0.15, -0.1) is 0 Å². The predicted molar refractivity (Wildman–Crippen MR) is 107 cm³/mol. The molecule has 1 saturated carbocycles. The summed E-state index contributed by atoms with van der Waals surface area (Å²) in [6, 6.07) is 11.9. The van der Waals surface area contributed by atoms with E-state index in [4.69, 9.17) is 4.99 Å². The van der Waals surface area contributed by atoms with Crippen LogP contribution >= 0.6 is 0 Å². The maximum Gasteiger partial charge on any atom is 0.263 e. The molecule has 0 aliphatic heterocycles. The van der Waals surface area contributed by atoms with Crippen LogP contribution in [0.2, 0.25) is 0 Å². The van der Waals surface area contributed by atoms with Crippen LogP contribution < -0.4 is 5.49 Å². The van der Waals surface area contributed by atoms with E-state index in [0.717, 1.165) is 29.5 Å². The zero-order chi connectivity index (χ0) is 19.3. The Hall–Kier alpha value is -3.02. The SMILES string of the molecule is Cc1ccn(C(=O)c2ccc(Cn3cncn3)cc2)c(=NC2CCCCC2)c1. The van der Waals surface area contributed by atoms with Crippen molar-refractivity contribution in [3.8, 4) is 0 Å². The molecule has 0 saturated heterocycles. The molecule has 1 aliphatic rings. The lowest BCUT2D eigenvalue weighted by molar-refractivity contribution is 0.0954. The Balaban J connectivity index is 1.60. The number of carbonyl (C=O) groups excluding carboxylic acids is 1. The number of pyridine rings is 1. The third kappa shape index (κ3) is 4.27. The molecule has 0 spiro atoms. The lowest BCUT2D eigenvalue weighted by Gasteiger charge is -2.18. The molecule has 0 unspecified atom stereocenters. The zero-order valence-electron chi connectivity index (χ0n) is 16.2. The molecule has 0 radical (unpaired) electrons. The molecular formula is C22H25N5O. The van der Waals surface area contributed by atoms with Crippen molar-refractivity contribution in [3.05, 3.63) is 77.4 Å². The van der Waals surface area contributed by atoms with Gasteiger partial charge in [0.1, 0.15) is 18.1 Å². The fourth-order valence-electron chi connectivity index (χ4n) is 3.65. The van der Waals surface area contributed by atoms with Crippen LogP contribution in [0.3, 0.4) is 0 Å². The number of carbonyl (C=O) groups is 1. The van der Waals surface area contributed by atoms with Crippen molar-refractivity contribution in [2.24, 2.45) is 4.99 Å². The molecule has 1 aliphatic carbocycles. The van der Waals surface area contributed by atoms with Gasteiger partial charge in [-0.1, -0.05) is 31.4 Å². The van der Waals surface area contributed by atoms with Crippen molar-refractivity contribution in [2.45, 2.75) is 51.6 Å². The number of rotatable bonds is 4. The standard InChI is InChI=1S/C22H25N5O/c1-17-11-12-27(21(13-17)25-20-5-3-2-4-6-20)22(28)19-9-7-18(8-10-19)14-26-16-23-15-24-26/h7-13,15-16,20H,2-6,14H2,1H3. The van der Waals surface area contributed by atoms with Crippen LogP contribution in [-0.2, 0) is 6.54 Å². The molecular weight excluding hydrogens is 350 g/mol. The van der Waals surface area contributed by atoms with Gasteiger partial charge in [0.25, 0.3) is 5.91 Å². The van der Waals surface area contributed by atoms with Crippen molar-refractivity contribution in [1.29, 1.82) is 0 Å². The average Bonchev–Trinajstić information content (AvgIpc) is 3.22. The van der Waals surface area contributed by atoms with Gasteiger partial charge < -0.3 is 0 Å². The van der Waals surface area contributed by atoms with E-state index in [9.17, 15) is 4.79 Å². The van der Waals surface area contributed by atoms with E-state index < -0.39 is 0 Å². The summed E-state index contributed by atoms with van der Waals surface area (Å²) in [6.45, 7) is 2.67. The van der Waals surface area contributed by atoms with Gasteiger partial charge in [0.15, 0.2) is 0 Å². The van der Waals surface area contributed by atoms with Gasteiger partial charge in [-0.3, -0.25) is 14.4 Å². The second-order valence-electron chi connectivity index (χ2n) is 7.45. The summed E-state index contributed by atoms with van der Waals surface area (Å²) in [4.78, 5) is 22.0. The molecule has 0 atom stereocenters. The number of hydrogen-bond acceptors (Lipinski definition) is 4. The van der Waals surface area contributed by atoms with Gasteiger partial charge in [0.2, 0.25) is 0 Å². The molecule has 4 rings (SSSR count). The minimum atomic E-state index is -0.0538. The van der Waals surface area contributed by atoms with Crippen LogP contribution in [-0.4, -0.2) is 31.3 Å². The number of nitrogens with zero attached hydrogens (tertiary/aromatic N) is 5. The molecule has 1 fully saturated rings. The van der Waals surface area contributed by atoms with E-state index >= 15 is 0 Å². The first-order chi connectivity index (χ1) is 13.7. The third-order valence-corrected chi connectivity index (χ3v) is 5.21. The molecule has 2 heterocycles. The number of benzene rings is 1. The monoisotopic (exact) mass is 375 g/mol. The molecule has 2 aromatic heterocycles. The fraction of sp³-hybridized carbons (Fsp3) is 0.364. The van der Waals surface area contributed by atoms with Gasteiger partial charge >= 0.3 is 0 Å². The van der Waals surface area contributed by atoms with Gasteiger partial charge in [0, 0.05) is 11.8 Å². The molecule has 144 valence electrons. The average molecular weight is 375 g/mol. The lowest BCUT2D eigenvalue weighted by atomic mass is 9.96. The van der Waals surface area contributed by atoms with E-state index in [0.29, 0.717) is 18.2 Å². The molecule has 0 amide bonds. The van der Waals surface area contributed by atoms with Crippen LogP contribution in [0.5, 0.6) is 0 Å². The van der Waals surface area contributed by atoms with Crippen LogP contribution in [0.1, 0.15) is 53.6 Å². The van der Waals surface area contributed by atoms with E-state index in [-0.39, 0.29) is 5.91 Å². The van der Waals surface area contributed by atoms with Crippen molar-refractivity contribution < 1.29 is 4.79 Å². The highest BCUT2D eigenvalue weighted by molar-refractivity contribution is 5.95. The van der Waals surface area contributed by atoms with E-state index in [1.807, 2.05) is 49.5 Å². The summed E-state index contributed by atoms with van der Waals surface area (Å²) in [5.74, 6) is -0.0538. The topological polar surface area (TPSA) is 65.1 Å². The maximum absolute atomic E-state index is 13.1. The molecule has 0 N–H and O–H groups in total. The predicted octanol–water partition coefficient (Wildman–Crippen LogP) is 3.36. The second kappa shape index (κ2) is 8.33. The summed E-state index contributed by atoms with van der Waals surface area (Å²) >= 11 is 0. The Morgan fingerprint density at radius 3 is 2.64 bits per heavy atom. The smallest absolute Gasteiger partial charge is 0.263 e. The number of hydrogen-bond donors (Lipinski definition) is 0. The summed E-state index contributed by atoms with van der Waals surface area (Å²) in [7, 11) is 0. The number of aryl methyl sites for hydroxylation is 1. The van der Waals surface area contributed by atoms with Crippen molar-refractivity contribution >= 4 is 5.91 Å². The summed E-state index contributed by atoms with van der Waals surface area (Å²) in [6.07, 6.45) is 11.0. The minimum Gasteiger partial charge on any atom is -0.268 e. The van der Waals surface area contributed by atoms with Gasteiger partial charge in [-0.2, -0.15) is 5.10 Å². The number of aromatic nitrogens is 4. The van der Waals surface area contributed by atoms with Crippen LogP contribution in [0.15, 0.2) is 60.2 Å². The van der Waals surface area contributed by atoms with Crippen molar-refractivity contribution in [1.82, 2.24) is 19.3 Å². The van der Waals surface area contributed by atoms with Gasteiger partial charge in [0.05, 0.1) is 12.6 Å². The van der Waals surface area contributed by atoms with Crippen LogP contribution in [0.4, 0.5) is 0 Å². The molecule has 1 aromatic carbocycles. The summed E-state index contributed by atoms with van der Waals surface area (Å²) < 4.78 is 3.43. The van der Waals surface area contributed by atoms with Crippen LogP contribution in [0, 0.1) is 6.92 Å². The summed E-state index contributed by atoms with van der Waals surface area (Å²) in [5, 5.41) is 4.11. The van der Waals surface area contributed by atoms with Crippen LogP contribution in [0.25, 0.3) is 0 Å². The first-order valence-corrected chi connectivity index (χ1v) is 9.88. The molecule has 0 bridgehead atoms. The van der Waals surface area contributed by atoms with Gasteiger partial charge in [-0.05, 0) is 55.2 Å².